The van der Waals surface area contributed by atoms with Crippen LogP contribution in [0.1, 0.15) is 38.2 Å². The van der Waals surface area contributed by atoms with E-state index in [1.165, 1.54) is 0 Å². The first-order chi connectivity index (χ1) is 16.1. The van der Waals surface area contributed by atoms with Crippen LogP contribution in [0.2, 0.25) is 18.6 Å². The van der Waals surface area contributed by atoms with Gasteiger partial charge in [0, 0.05) is 47.9 Å². The van der Waals surface area contributed by atoms with Gasteiger partial charge in [-0.1, -0.05) is 6.92 Å². The van der Waals surface area contributed by atoms with Crippen LogP contribution in [0.3, 0.4) is 0 Å². The van der Waals surface area contributed by atoms with Crippen molar-refractivity contribution in [1.82, 2.24) is 4.90 Å². The van der Waals surface area contributed by atoms with Crippen molar-refractivity contribution in [3.63, 3.8) is 0 Å². The van der Waals surface area contributed by atoms with Crippen LogP contribution in [-0.4, -0.2) is 68.0 Å². The van der Waals surface area contributed by atoms with Gasteiger partial charge in [0.25, 0.3) is 5.91 Å². The fourth-order valence-corrected chi connectivity index (χ4v) is 8.95. The zero-order valence-corrected chi connectivity index (χ0v) is 20.8. The van der Waals surface area contributed by atoms with Gasteiger partial charge in [0.2, 0.25) is 20.2 Å². The zero-order valence-electron chi connectivity index (χ0n) is 19.8. The number of rotatable bonds is 5. The number of halogens is 1. The first-order valence-corrected chi connectivity index (χ1v) is 15.1. The van der Waals surface area contributed by atoms with Crippen molar-refractivity contribution < 1.29 is 28.3 Å². The Balaban J connectivity index is 1.50. The highest BCUT2D eigenvalue weighted by Gasteiger charge is 2.65. The zero-order chi connectivity index (χ0) is 24.4. The molecule has 3 fully saturated rings. The molecule has 184 valence electrons. The van der Waals surface area contributed by atoms with Crippen molar-refractivity contribution in [2.75, 3.05) is 29.9 Å². The van der Waals surface area contributed by atoms with Gasteiger partial charge in [0.05, 0.1) is 25.2 Å². The molecule has 10 heteroatoms. The number of carbonyl (C=O) groups is 3. The molecule has 0 unspecified atom stereocenters. The smallest absolute Gasteiger partial charge is 0.261 e. The quantitative estimate of drug-likeness (QED) is 0.376. The average Bonchev–Trinajstić information content (AvgIpc) is 3.43. The minimum Gasteiger partial charge on any atom is -0.394 e. The summed E-state index contributed by atoms with van der Waals surface area (Å²) in [5.74, 6) is -0.996. The van der Waals surface area contributed by atoms with Crippen molar-refractivity contribution in [3.05, 3.63) is 23.8 Å². The third-order valence-corrected chi connectivity index (χ3v) is 10.6. The molecule has 3 amide bonds. The summed E-state index contributed by atoms with van der Waals surface area (Å²) in [4.78, 5) is 41.9. The topological polar surface area (TPSA) is 99.2 Å². The number of nitrogens with zero attached hydrogens (tertiary/aromatic N) is 2. The van der Waals surface area contributed by atoms with Gasteiger partial charge in [-0.05, 0) is 44.1 Å². The number of anilines is 2. The van der Waals surface area contributed by atoms with Crippen molar-refractivity contribution in [2.45, 2.75) is 69.0 Å². The van der Waals surface area contributed by atoms with Gasteiger partial charge in [-0.25, -0.2) is 0 Å². The molecule has 1 aromatic rings. The van der Waals surface area contributed by atoms with Gasteiger partial charge >= 0.3 is 0 Å². The molecule has 5 atom stereocenters. The third-order valence-electron chi connectivity index (χ3n) is 8.15. The van der Waals surface area contributed by atoms with Gasteiger partial charge in [-0.15, -0.1) is 0 Å². The molecule has 0 bridgehead atoms. The molecule has 5 rings (SSSR count). The highest BCUT2D eigenvalue weighted by atomic mass is 28.4. The molecule has 0 radical (unpaired) electrons. The highest BCUT2D eigenvalue weighted by molar-refractivity contribution is 6.72. The standard InChI is InChI=1S/C24H32FN3O5Si/c1-14-22(34(2,3)25)19(12-21(31)27-9-4-5-16(27)13-29)33-24(14)17-11-15(28-10-8-20(28)30)6-7-18(17)26-23(24)32/h6-7,11,14,16,19,22,29H,4-5,8-10,12-13H2,1-3H3,(H,26,32)/t14-,16+,19+,22-,24+/m1/s1. The minimum absolute atomic E-state index is 0.0226. The van der Waals surface area contributed by atoms with Crippen molar-refractivity contribution in [2.24, 2.45) is 5.92 Å². The predicted molar refractivity (Wildman–Crippen MR) is 127 cm³/mol. The number of hydrogen-bond donors (Lipinski definition) is 2. The Morgan fingerprint density at radius 2 is 2.09 bits per heavy atom. The van der Waals surface area contributed by atoms with Crippen LogP contribution >= 0.6 is 0 Å². The van der Waals surface area contributed by atoms with Crippen LogP contribution in [0, 0.1) is 5.92 Å². The molecular formula is C24H32FN3O5Si. The number of aliphatic hydroxyl groups excluding tert-OH is 1. The van der Waals surface area contributed by atoms with E-state index in [-0.39, 0.29) is 36.8 Å². The number of β-lactam (4-membered cyclic amide) rings is 1. The first kappa shape index (κ1) is 23.4. The average molecular weight is 490 g/mol. The Morgan fingerprint density at radius 3 is 2.71 bits per heavy atom. The van der Waals surface area contributed by atoms with E-state index in [1.807, 2.05) is 6.92 Å². The second-order valence-electron chi connectivity index (χ2n) is 10.5. The Kier molecular flexibility index (Phi) is 5.61. The van der Waals surface area contributed by atoms with Crippen molar-refractivity contribution in [3.8, 4) is 0 Å². The summed E-state index contributed by atoms with van der Waals surface area (Å²) in [6.45, 7) is 6.13. The molecule has 4 aliphatic rings. The van der Waals surface area contributed by atoms with Crippen LogP contribution in [0.25, 0.3) is 0 Å². The molecule has 0 aromatic heterocycles. The number of benzene rings is 1. The van der Waals surface area contributed by atoms with E-state index in [4.69, 9.17) is 4.74 Å². The Morgan fingerprint density at radius 1 is 1.32 bits per heavy atom. The van der Waals surface area contributed by atoms with E-state index in [0.29, 0.717) is 36.4 Å². The normalized spacial score (nSPS) is 32.9. The summed E-state index contributed by atoms with van der Waals surface area (Å²) in [7, 11) is -3.36. The van der Waals surface area contributed by atoms with Gasteiger partial charge in [0.15, 0.2) is 5.60 Å². The number of likely N-dealkylation sites (tertiary alicyclic amines) is 1. The number of aliphatic hydroxyl groups is 1. The SMILES string of the molecule is C[C@@H]1[C@@H]([Si](C)(C)F)[C@H](CC(=O)N2CCC[C@H]2CO)O[C@@]12C(=O)Nc1ccc(N3CCC3=O)cc12. The molecule has 8 nitrogen and oxygen atoms in total. The summed E-state index contributed by atoms with van der Waals surface area (Å²) in [5.41, 5.74) is -0.0885. The third kappa shape index (κ3) is 3.41. The first-order valence-electron chi connectivity index (χ1n) is 12.1. The van der Waals surface area contributed by atoms with Gasteiger partial charge in [-0.2, -0.15) is 0 Å². The van der Waals surface area contributed by atoms with Crippen LogP contribution < -0.4 is 10.2 Å². The summed E-state index contributed by atoms with van der Waals surface area (Å²) < 4.78 is 22.2. The fraction of sp³-hybridized carbons (Fsp3) is 0.625. The minimum atomic E-state index is -3.36. The predicted octanol–water partition coefficient (Wildman–Crippen LogP) is 2.52. The summed E-state index contributed by atoms with van der Waals surface area (Å²) in [6.07, 6.45) is 1.28. The number of carbonyl (C=O) groups excluding carboxylic acids is 3. The molecule has 1 spiro atoms. The molecule has 34 heavy (non-hydrogen) atoms. The van der Waals surface area contributed by atoms with Gasteiger partial charge in [0.1, 0.15) is 0 Å². The van der Waals surface area contributed by atoms with E-state index >= 15 is 4.11 Å². The summed E-state index contributed by atoms with van der Waals surface area (Å²) in [6, 6.07) is 5.14. The number of fused-ring (bicyclic) bond motifs is 2. The van der Waals surface area contributed by atoms with E-state index in [0.717, 1.165) is 12.8 Å². The number of hydrogen-bond acceptors (Lipinski definition) is 5. The number of ether oxygens (including phenoxy) is 1. The summed E-state index contributed by atoms with van der Waals surface area (Å²) >= 11 is 0. The maximum atomic E-state index is 15.7. The lowest BCUT2D eigenvalue weighted by Gasteiger charge is -2.33. The van der Waals surface area contributed by atoms with Crippen molar-refractivity contribution in [1.29, 1.82) is 0 Å². The molecule has 4 heterocycles. The molecule has 3 saturated heterocycles. The summed E-state index contributed by atoms with van der Waals surface area (Å²) in [5, 5.41) is 12.5. The van der Waals surface area contributed by atoms with Crippen LogP contribution in [-0.2, 0) is 24.7 Å². The second-order valence-corrected chi connectivity index (χ2v) is 14.3. The maximum Gasteiger partial charge on any atom is 0.261 e. The molecule has 2 N–H and O–H groups in total. The van der Waals surface area contributed by atoms with E-state index in [1.54, 1.807) is 41.1 Å². The van der Waals surface area contributed by atoms with Gasteiger partial charge < -0.3 is 29.1 Å². The second kappa shape index (κ2) is 8.13. The monoisotopic (exact) mass is 489 g/mol. The molecule has 1 aromatic carbocycles. The molecule has 4 aliphatic heterocycles. The molecular weight excluding hydrogens is 457 g/mol. The van der Waals surface area contributed by atoms with E-state index < -0.39 is 31.6 Å². The lowest BCUT2D eigenvalue weighted by Crippen LogP contribution is -2.44. The molecule has 0 saturated carbocycles. The van der Waals surface area contributed by atoms with Gasteiger partial charge in [-0.3, -0.25) is 14.4 Å². The lowest BCUT2D eigenvalue weighted by molar-refractivity contribution is -0.148. The maximum absolute atomic E-state index is 15.7. The van der Waals surface area contributed by atoms with Crippen LogP contribution in [0.15, 0.2) is 18.2 Å². The Hall–Kier alpha value is -2.30. The van der Waals surface area contributed by atoms with Crippen LogP contribution in [0.4, 0.5) is 15.5 Å². The van der Waals surface area contributed by atoms with Crippen molar-refractivity contribution >= 4 is 37.5 Å². The fourth-order valence-electron chi connectivity index (χ4n) is 6.45. The number of nitrogens with one attached hydrogen (secondary N) is 1. The lowest BCUT2D eigenvalue weighted by atomic mass is 9.82. The van der Waals surface area contributed by atoms with Crippen LogP contribution in [0.5, 0.6) is 0 Å². The number of amides is 3. The molecule has 0 aliphatic carbocycles. The largest absolute Gasteiger partial charge is 0.394 e. The van der Waals surface area contributed by atoms with E-state index in [9.17, 15) is 19.5 Å². The Labute approximate surface area is 199 Å². The highest BCUT2D eigenvalue weighted by Crippen LogP contribution is 2.59. The van der Waals surface area contributed by atoms with E-state index in [2.05, 4.69) is 5.32 Å². The Bertz CT molecular complexity index is 1050.